The number of rotatable bonds is 2. The van der Waals surface area contributed by atoms with Gasteiger partial charge in [-0.2, -0.15) is 0 Å². The quantitative estimate of drug-likeness (QED) is 0.723. The molecule has 0 saturated heterocycles. The molecule has 3 nitrogen and oxygen atoms in total. The lowest BCUT2D eigenvalue weighted by Gasteiger charge is -2.07. The van der Waals surface area contributed by atoms with Crippen LogP contribution in [0, 0.1) is 5.82 Å². The number of fused-ring (bicyclic) bond motifs is 1. The molecule has 0 aromatic heterocycles. The molecule has 0 unspecified atom stereocenters. The minimum atomic E-state index is -0.704. The Morgan fingerprint density at radius 1 is 0.955 bits per heavy atom. The molecule has 4 heteroatoms. The van der Waals surface area contributed by atoms with Crippen molar-refractivity contribution in [2.24, 2.45) is 0 Å². The number of ether oxygens (including phenoxy) is 1. The number of carbonyl (C=O) groups excluding carboxylic acids is 1. The summed E-state index contributed by atoms with van der Waals surface area (Å²) >= 11 is 0. The van der Waals surface area contributed by atoms with Gasteiger partial charge in [0.15, 0.2) is 0 Å². The van der Waals surface area contributed by atoms with Gasteiger partial charge in [0.25, 0.3) is 0 Å². The third-order valence-corrected chi connectivity index (χ3v) is 3.53. The Morgan fingerprint density at radius 3 is 2.36 bits per heavy atom. The van der Waals surface area contributed by atoms with Crippen molar-refractivity contribution in [3.05, 3.63) is 66.0 Å². The van der Waals surface area contributed by atoms with Crippen LogP contribution in [0.3, 0.4) is 0 Å². The molecule has 0 bridgehead atoms. The van der Waals surface area contributed by atoms with Crippen molar-refractivity contribution in [2.75, 3.05) is 7.11 Å². The highest BCUT2D eigenvalue weighted by Crippen LogP contribution is 2.28. The van der Waals surface area contributed by atoms with Crippen LogP contribution in [0.5, 0.6) is 5.75 Å². The number of esters is 1. The first kappa shape index (κ1) is 14.1. The number of methoxy groups -OCH3 is 1. The molecule has 0 fully saturated rings. The summed E-state index contributed by atoms with van der Waals surface area (Å²) < 4.78 is 18.3. The molecule has 0 atom stereocenters. The summed E-state index contributed by atoms with van der Waals surface area (Å²) in [4.78, 5) is 11.6. The third-order valence-electron chi connectivity index (χ3n) is 3.53. The van der Waals surface area contributed by atoms with Crippen LogP contribution in [0.15, 0.2) is 54.6 Å². The van der Waals surface area contributed by atoms with E-state index in [1.165, 1.54) is 19.2 Å². The number of phenols is 1. The molecule has 0 aliphatic heterocycles. The predicted molar refractivity (Wildman–Crippen MR) is 82.3 cm³/mol. The van der Waals surface area contributed by atoms with E-state index in [0.717, 1.165) is 21.9 Å². The topological polar surface area (TPSA) is 46.5 Å². The maximum absolute atomic E-state index is 13.7. The van der Waals surface area contributed by atoms with Gasteiger partial charge in [-0.15, -0.1) is 0 Å². The van der Waals surface area contributed by atoms with Crippen molar-refractivity contribution in [2.45, 2.75) is 0 Å². The molecule has 0 amide bonds. The van der Waals surface area contributed by atoms with Gasteiger partial charge in [0.2, 0.25) is 0 Å². The zero-order chi connectivity index (χ0) is 15.7. The SMILES string of the molecule is COC(=O)c1cc(-c2ccc3cc(O)ccc3c2)ccc1F. The smallest absolute Gasteiger partial charge is 0.340 e. The Hall–Kier alpha value is -2.88. The molecule has 3 rings (SSSR count). The number of aromatic hydroxyl groups is 1. The maximum atomic E-state index is 13.7. The van der Waals surface area contributed by atoms with Crippen LogP contribution in [0.1, 0.15) is 10.4 Å². The highest BCUT2D eigenvalue weighted by Gasteiger charge is 2.13. The van der Waals surface area contributed by atoms with Crippen molar-refractivity contribution in [3.8, 4) is 16.9 Å². The van der Waals surface area contributed by atoms with E-state index in [9.17, 15) is 14.3 Å². The van der Waals surface area contributed by atoms with E-state index >= 15 is 0 Å². The van der Waals surface area contributed by atoms with Crippen LogP contribution in [-0.4, -0.2) is 18.2 Å². The summed E-state index contributed by atoms with van der Waals surface area (Å²) in [6, 6.07) is 15.1. The zero-order valence-corrected chi connectivity index (χ0v) is 11.8. The van der Waals surface area contributed by atoms with Gasteiger partial charge < -0.3 is 9.84 Å². The van der Waals surface area contributed by atoms with Gasteiger partial charge in [-0.25, -0.2) is 9.18 Å². The lowest BCUT2D eigenvalue weighted by atomic mass is 9.99. The summed E-state index contributed by atoms with van der Waals surface area (Å²) in [5, 5.41) is 11.3. The van der Waals surface area contributed by atoms with Gasteiger partial charge in [0.05, 0.1) is 12.7 Å². The molecule has 0 aliphatic carbocycles. The third kappa shape index (κ3) is 2.51. The first-order valence-corrected chi connectivity index (χ1v) is 6.69. The number of hydrogen-bond donors (Lipinski definition) is 1. The van der Waals surface area contributed by atoms with E-state index in [-0.39, 0.29) is 11.3 Å². The summed E-state index contributed by atoms with van der Waals surface area (Å²) in [5.74, 6) is -1.11. The van der Waals surface area contributed by atoms with Crippen LogP contribution >= 0.6 is 0 Å². The van der Waals surface area contributed by atoms with Gasteiger partial charge in [-0.3, -0.25) is 0 Å². The predicted octanol–water partition coefficient (Wildman–Crippen LogP) is 4.14. The average molecular weight is 296 g/mol. The summed E-state index contributed by atoms with van der Waals surface area (Å²) in [7, 11) is 1.22. The number of carbonyl (C=O) groups is 1. The van der Waals surface area contributed by atoms with Gasteiger partial charge in [0, 0.05) is 0 Å². The van der Waals surface area contributed by atoms with E-state index in [0.29, 0.717) is 0 Å². The van der Waals surface area contributed by atoms with E-state index in [1.807, 2.05) is 18.2 Å². The van der Waals surface area contributed by atoms with Gasteiger partial charge in [-0.05, 0) is 52.2 Å². The molecule has 22 heavy (non-hydrogen) atoms. The lowest BCUT2D eigenvalue weighted by Crippen LogP contribution is -2.04. The number of halogens is 1. The first-order valence-electron chi connectivity index (χ1n) is 6.69. The summed E-state index contributed by atoms with van der Waals surface area (Å²) in [6.07, 6.45) is 0. The standard InChI is InChI=1S/C18H13FO3/c1-22-18(21)16-10-14(5-7-17(16)19)11-2-3-13-9-15(20)6-4-12(13)8-11/h2-10,20H,1H3. The Labute approximate surface area is 126 Å². The van der Waals surface area contributed by atoms with Crippen molar-refractivity contribution in [3.63, 3.8) is 0 Å². The molecular weight excluding hydrogens is 283 g/mol. The van der Waals surface area contributed by atoms with E-state index in [4.69, 9.17) is 0 Å². The van der Waals surface area contributed by atoms with Gasteiger partial charge >= 0.3 is 5.97 Å². The number of benzene rings is 3. The summed E-state index contributed by atoms with van der Waals surface area (Å²) in [5.41, 5.74) is 1.48. The highest BCUT2D eigenvalue weighted by molar-refractivity contribution is 5.92. The van der Waals surface area contributed by atoms with Gasteiger partial charge in [0.1, 0.15) is 11.6 Å². The molecule has 1 N–H and O–H groups in total. The monoisotopic (exact) mass is 296 g/mol. The zero-order valence-electron chi connectivity index (χ0n) is 11.8. The van der Waals surface area contributed by atoms with Crippen LogP contribution in [-0.2, 0) is 4.74 Å². The van der Waals surface area contributed by atoms with Crippen molar-refractivity contribution in [1.29, 1.82) is 0 Å². The second kappa shape index (κ2) is 5.48. The second-order valence-electron chi connectivity index (χ2n) is 4.93. The van der Waals surface area contributed by atoms with Crippen molar-refractivity contribution >= 4 is 16.7 Å². The molecule has 0 spiro atoms. The van der Waals surface area contributed by atoms with Crippen LogP contribution in [0.2, 0.25) is 0 Å². The molecule has 0 heterocycles. The Balaban J connectivity index is 2.11. The molecule has 0 radical (unpaired) electrons. The fourth-order valence-corrected chi connectivity index (χ4v) is 2.38. The Bertz CT molecular complexity index is 871. The molecular formula is C18H13FO3. The van der Waals surface area contributed by atoms with E-state index < -0.39 is 11.8 Å². The minimum Gasteiger partial charge on any atom is -0.508 e. The Kier molecular flexibility index (Phi) is 3.51. The molecule has 3 aromatic rings. The van der Waals surface area contributed by atoms with Crippen molar-refractivity contribution in [1.82, 2.24) is 0 Å². The second-order valence-corrected chi connectivity index (χ2v) is 4.93. The molecule has 3 aromatic carbocycles. The van der Waals surface area contributed by atoms with Crippen LogP contribution < -0.4 is 0 Å². The number of phenolic OH excluding ortho intramolecular Hbond substituents is 1. The van der Waals surface area contributed by atoms with E-state index in [2.05, 4.69) is 4.74 Å². The molecule has 0 saturated carbocycles. The normalized spacial score (nSPS) is 10.6. The van der Waals surface area contributed by atoms with E-state index in [1.54, 1.807) is 24.3 Å². The molecule has 0 aliphatic rings. The highest BCUT2D eigenvalue weighted by atomic mass is 19.1. The lowest BCUT2D eigenvalue weighted by molar-refractivity contribution is 0.0595. The minimum absolute atomic E-state index is 0.0918. The van der Waals surface area contributed by atoms with Crippen molar-refractivity contribution < 1.29 is 19.0 Å². The fraction of sp³-hybridized carbons (Fsp3) is 0.0556. The maximum Gasteiger partial charge on any atom is 0.340 e. The van der Waals surface area contributed by atoms with Crippen LogP contribution in [0.4, 0.5) is 4.39 Å². The first-order chi connectivity index (χ1) is 10.6. The average Bonchev–Trinajstić information content (AvgIpc) is 2.54. The fourth-order valence-electron chi connectivity index (χ4n) is 2.38. The number of hydrogen-bond acceptors (Lipinski definition) is 3. The largest absolute Gasteiger partial charge is 0.508 e. The van der Waals surface area contributed by atoms with Gasteiger partial charge in [-0.1, -0.05) is 24.3 Å². The van der Waals surface area contributed by atoms with Crippen LogP contribution in [0.25, 0.3) is 21.9 Å². The Morgan fingerprint density at radius 2 is 1.59 bits per heavy atom. The summed E-state index contributed by atoms with van der Waals surface area (Å²) in [6.45, 7) is 0. The molecule has 110 valence electrons.